The highest BCUT2D eigenvalue weighted by atomic mass is 16.4. The minimum absolute atomic E-state index is 0.150. The van der Waals surface area contributed by atoms with Gasteiger partial charge in [-0.1, -0.05) is 90.1 Å². The topological polar surface area (TPSA) is 60.4 Å². The third-order valence-corrected chi connectivity index (χ3v) is 9.50. The van der Waals surface area contributed by atoms with Crippen molar-refractivity contribution in [2.24, 2.45) is 11.8 Å². The minimum atomic E-state index is -0.575. The lowest BCUT2D eigenvalue weighted by atomic mass is 9.52. The molecule has 0 spiro atoms. The van der Waals surface area contributed by atoms with E-state index in [-0.39, 0.29) is 11.8 Å². The number of benzene rings is 1. The smallest absolute Gasteiger partial charge is 0.344 e. The van der Waals surface area contributed by atoms with Crippen LogP contribution in [0.3, 0.4) is 0 Å². The van der Waals surface area contributed by atoms with Gasteiger partial charge in [0.05, 0.1) is 10.8 Å². The van der Waals surface area contributed by atoms with E-state index in [1.165, 1.54) is 0 Å². The van der Waals surface area contributed by atoms with Gasteiger partial charge in [-0.2, -0.15) is 0 Å². The summed E-state index contributed by atoms with van der Waals surface area (Å²) in [6.45, 7) is 16.9. The van der Waals surface area contributed by atoms with Crippen molar-refractivity contribution in [2.45, 2.75) is 77.0 Å². The fourth-order valence-electron chi connectivity index (χ4n) is 7.51. The Kier molecular flexibility index (Phi) is 4.39. The standard InChI is InChI=1S/C32H34O4/c1-29(2)17-13-9-11-15-19(17)31(5,6)25-23(29)21-22(28(34)35-25)24-26(36-27(21)33)32(7,8)20-16-12-10-14-18(20)30(24,3)4/h9-17,19H,1-8H3/t17-,19-/m0/s1. The Hall–Kier alpha value is -3.14. The van der Waals surface area contributed by atoms with Crippen molar-refractivity contribution in [1.29, 1.82) is 0 Å². The van der Waals surface area contributed by atoms with E-state index in [0.717, 1.165) is 22.3 Å². The SMILES string of the molecule is CC1(C)c2ccccc2C(C)(C)c2c1oc(=O)c1c3c(oc(=O)c21)C(C)(C)[C@H]1C=CC=C[C@@H]1C3(C)C. The highest BCUT2D eigenvalue weighted by Gasteiger charge is 2.54. The summed E-state index contributed by atoms with van der Waals surface area (Å²) in [4.78, 5) is 27.9. The molecule has 6 rings (SSSR count). The predicted molar refractivity (Wildman–Crippen MR) is 143 cm³/mol. The largest absolute Gasteiger partial charge is 0.426 e. The van der Waals surface area contributed by atoms with E-state index in [4.69, 9.17) is 8.83 Å². The molecular formula is C32H34O4. The summed E-state index contributed by atoms with van der Waals surface area (Å²) in [7, 11) is 0. The molecule has 36 heavy (non-hydrogen) atoms. The highest BCUT2D eigenvalue weighted by Crippen LogP contribution is 2.57. The summed E-state index contributed by atoms with van der Waals surface area (Å²) in [5.74, 6) is 1.47. The van der Waals surface area contributed by atoms with E-state index in [9.17, 15) is 9.59 Å². The molecule has 0 saturated carbocycles. The van der Waals surface area contributed by atoms with Crippen LogP contribution in [-0.2, 0) is 21.7 Å². The van der Waals surface area contributed by atoms with Crippen LogP contribution in [0.5, 0.6) is 0 Å². The normalized spacial score (nSPS) is 25.6. The van der Waals surface area contributed by atoms with Crippen LogP contribution in [-0.4, -0.2) is 0 Å². The first-order chi connectivity index (χ1) is 16.7. The molecule has 186 valence electrons. The van der Waals surface area contributed by atoms with Gasteiger partial charge < -0.3 is 8.83 Å². The second-order valence-electron chi connectivity index (χ2n) is 13.0. The van der Waals surface area contributed by atoms with Crippen molar-refractivity contribution in [3.05, 3.63) is 103 Å². The fraction of sp³-hybridized carbons (Fsp3) is 0.438. The van der Waals surface area contributed by atoms with Crippen LogP contribution in [0.2, 0.25) is 0 Å². The Morgan fingerprint density at radius 3 is 1.67 bits per heavy atom. The van der Waals surface area contributed by atoms with Gasteiger partial charge in [-0.15, -0.1) is 0 Å². The van der Waals surface area contributed by atoms with Crippen LogP contribution in [0.4, 0.5) is 0 Å². The van der Waals surface area contributed by atoms with Gasteiger partial charge in [0.25, 0.3) is 0 Å². The lowest BCUT2D eigenvalue weighted by Crippen LogP contribution is -2.49. The van der Waals surface area contributed by atoms with Crippen LogP contribution in [0.25, 0.3) is 10.8 Å². The van der Waals surface area contributed by atoms with Gasteiger partial charge in [0.1, 0.15) is 11.5 Å². The van der Waals surface area contributed by atoms with E-state index in [1.807, 2.05) is 12.1 Å². The number of fused-ring (bicyclic) bond motifs is 7. The third-order valence-electron chi connectivity index (χ3n) is 9.50. The molecule has 0 saturated heterocycles. The van der Waals surface area contributed by atoms with E-state index in [1.54, 1.807) is 0 Å². The molecule has 4 nitrogen and oxygen atoms in total. The van der Waals surface area contributed by atoms with Gasteiger partial charge in [0.15, 0.2) is 0 Å². The highest BCUT2D eigenvalue weighted by molar-refractivity contribution is 5.91. The van der Waals surface area contributed by atoms with Crippen molar-refractivity contribution >= 4 is 10.8 Å². The number of hydrogen-bond donors (Lipinski definition) is 0. The van der Waals surface area contributed by atoms with Crippen LogP contribution in [0, 0.1) is 11.8 Å². The van der Waals surface area contributed by atoms with Gasteiger partial charge in [-0.05, 0) is 36.8 Å². The molecule has 0 unspecified atom stereocenters. The molecule has 0 radical (unpaired) electrons. The third kappa shape index (κ3) is 2.60. The lowest BCUT2D eigenvalue weighted by Gasteiger charge is -2.51. The Bertz CT molecular complexity index is 1630. The van der Waals surface area contributed by atoms with Gasteiger partial charge in [-0.3, -0.25) is 0 Å². The van der Waals surface area contributed by atoms with Crippen LogP contribution < -0.4 is 11.3 Å². The zero-order chi connectivity index (χ0) is 26.0. The second kappa shape index (κ2) is 6.79. The maximum atomic E-state index is 14.0. The van der Waals surface area contributed by atoms with Crippen LogP contribution >= 0.6 is 0 Å². The Labute approximate surface area is 211 Å². The number of allylic oxidation sites excluding steroid dienone is 4. The molecule has 4 heteroatoms. The van der Waals surface area contributed by atoms with Gasteiger partial charge in [0, 0.05) is 32.8 Å². The summed E-state index contributed by atoms with van der Waals surface area (Å²) in [6.07, 6.45) is 8.58. The summed E-state index contributed by atoms with van der Waals surface area (Å²) >= 11 is 0. The van der Waals surface area contributed by atoms with Crippen LogP contribution in [0.15, 0.2) is 67.0 Å². The first-order valence-electron chi connectivity index (χ1n) is 12.9. The molecule has 3 aliphatic rings. The summed E-state index contributed by atoms with van der Waals surface area (Å²) in [5, 5.41) is 0.771. The fourth-order valence-corrected chi connectivity index (χ4v) is 7.51. The van der Waals surface area contributed by atoms with Gasteiger partial charge >= 0.3 is 11.3 Å². The molecule has 0 aliphatic heterocycles. The first-order valence-corrected chi connectivity index (χ1v) is 12.9. The molecule has 0 fully saturated rings. The van der Waals surface area contributed by atoms with E-state index in [0.29, 0.717) is 22.3 Å². The average molecular weight is 483 g/mol. The maximum Gasteiger partial charge on any atom is 0.344 e. The van der Waals surface area contributed by atoms with Crippen molar-refractivity contribution in [3.8, 4) is 0 Å². The quantitative estimate of drug-likeness (QED) is 0.360. The molecule has 0 N–H and O–H groups in total. The number of rotatable bonds is 0. The zero-order valence-electron chi connectivity index (χ0n) is 22.4. The van der Waals surface area contributed by atoms with Crippen molar-refractivity contribution in [2.75, 3.05) is 0 Å². The molecule has 1 aromatic carbocycles. The summed E-state index contributed by atoms with van der Waals surface area (Å²) in [5.41, 5.74) is 0.889. The summed E-state index contributed by atoms with van der Waals surface area (Å²) < 4.78 is 12.6. The van der Waals surface area contributed by atoms with Crippen molar-refractivity contribution in [3.63, 3.8) is 0 Å². The predicted octanol–water partition coefficient (Wildman–Crippen LogP) is 6.64. The van der Waals surface area contributed by atoms with Crippen molar-refractivity contribution in [1.82, 2.24) is 0 Å². The molecule has 2 atom stereocenters. The second-order valence-corrected chi connectivity index (χ2v) is 13.0. The van der Waals surface area contributed by atoms with Crippen LogP contribution in [0.1, 0.15) is 89.2 Å². The minimum Gasteiger partial charge on any atom is -0.426 e. The van der Waals surface area contributed by atoms with E-state index >= 15 is 0 Å². The molecular weight excluding hydrogens is 448 g/mol. The molecule has 3 aliphatic carbocycles. The van der Waals surface area contributed by atoms with E-state index < -0.39 is 32.9 Å². The number of hydrogen-bond acceptors (Lipinski definition) is 4. The zero-order valence-corrected chi connectivity index (χ0v) is 22.4. The monoisotopic (exact) mass is 482 g/mol. The Balaban J connectivity index is 1.82. The Morgan fingerprint density at radius 1 is 0.611 bits per heavy atom. The molecule has 2 heterocycles. The van der Waals surface area contributed by atoms with Gasteiger partial charge in [0.2, 0.25) is 0 Å². The lowest BCUT2D eigenvalue weighted by molar-refractivity contribution is 0.155. The first kappa shape index (κ1) is 23.3. The maximum absolute atomic E-state index is 14.0. The van der Waals surface area contributed by atoms with Gasteiger partial charge in [-0.25, -0.2) is 9.59 Å². The molecule has 3 aromatic rings. The Morgan fingerprint density at radius 2 is 1.08 bits per heavy atom. The molecule has 2 aromatic heterocycles. The summed E-state index contributed by atoms with van der Waals surface area (Å²) in [6, 6.07) is 8.25. The molecule has 0 amide bonds. The van der Waals surface area contributed by atoms with E-state index in [2.05, 4.69) is 91.8 Å². The van der Waals surface area contributed by atoms with Crippen molar-refractivity contribution < 1.29 is 8.83 Å². The molecule has 0 bridgehead atoms. The average Bonchev–Trinajstić information content (AvgIpc) is 2.82.